The fourth-order valence-electron chi connectivity index (χ4n) is 0.970. The van der Waals surface area contributed by atoms with Crippen molar-refractivity contribution in [3.8, 4) is 0 Å². The maximum absolute atomic E-state index is 11.2. The molecule has 1 atom stereocenters. The van der Waals surface area contributed by atoms with E-state index in [9.17, 15) is 9.00 Å². The lowest BCUT2D eigenvalue weighted by Gasteiger charge is -1.98. The predicted octanol–water partition coefficient (Wildman–Crippen LogP) is 0.421. The van der Waals surface area contributed by atoms with Crippen LogP contribution < -0.4 is 5.73 Å². The fraction of sp³-hybridized carbons (Fsp3) is 0.222. The second-order valence-electron chi connectivity index (χ2n) is 2.68. The van der Waals surface area contributed by atoms with Crippen molar-refractivity contribution in [3.05, 3.63) is 35.9 Å². The van der Waals surface area contributed by atoms with Gasteiger partial charge in [-0.25, -0.2) is 0 Å². The monoisotopic (exact) mass is 197 g/mol. The van der Waals surface area contributed by atoms with Crippen LogP contribution in [0, 0.1) is 0 Å². The number of hydrogen-bond acceptors (Lipinski definition) is 2. The molecule has 13 heavy (non-hydrogen) atoms. The summed E-state index contributed by atoms with van der Waals surface area (Å²) in [7, 11) is -1.18. The highest BCUT2D eigenvalue weighted by atomic mass is 32.2. The van der Waals surface area contributed by atoms with Crippen LogP contribution in [0.5, 0.6) is 0 Å². The second kappa shape index (κ2) is 4.77. The van der Waals surface area contributed by atoms with Gasteiger partial charge in [-0.1, -0.05) is 30.3 Å². The molecule has 0 radical (unpaired) electrons. The first-order valence-electron chi connectivity index (χ1n) is 3.85. The molecule has 1 aromatic rings. The van der Waals surface area contributed by atoms with Crippen LogP contribution in [0.2, 0.25) is 0 Å². The molecule has 0 saturated heterocycles. The Balaban J connectivity index is 2.50. The number of primary amides is 1. The van der Waals surface area contributed by atoms with Crippen molar-refractivity contribution in [1.82, 2.24) is 0 Å². The first-order chi connectivity index (χ1) is 6.18. The Morgan fingerprint density at radius 1 is 1.31 bits per heavy atom. The lowest BCUT2D eigenvalue weighted by Crippen LogP contribution is -2.20. The van der Waals surface area contributed by atoms with Crippen molar-refractivity contribution in [1.29, 1.82) is 0 Å². The zero-order chi connectivity index (χ0) is 9.68. The minimum Gasteiger partial charge on any atom is -0.369 e. The molecular weight excluding hydrogens is 186 g/mol. The number of rotatable bonds is 4. The summed E-state index contributed by atoms with van der Waals surface area (Å²) in [5.41, 5.74) is 5.88. The van der Waals surface area contributed by atoms with Gasteiger partial charge in [0.2, 0.25) is 5.91 Å². The molecule has 4 heteroatoms. The molecular formula is C9H11NO2S. The molecule has 0 aliphatic rings. The van der Waals surface area contributed by atoms with E-state index in [0.717, 1.165) is 5.56 Å². The largest absolute Gasteiger partial charge is 0.369 e. The van der Waals surface area contributed by atoms with Crippen LogP contribution in [-0.4, -0.2) is 15.9 Å². The van der Waals surface area contributed by atoms with Crippen LogP contribution in [0.25, 0.3) is 0 Å². The smallest absolute Gasteiger partial charge is 0.230 e. The molecule has 2 N–H and O–H groups in total. The maximum Gasteiger partial charge on any atom is 0.230 e. The van der Waals surface area contributed by atoms with E-state index in [4.69, 9.17) is 5.73 Å². The van der Waals surface area contributed by atoms with Gasteiger partial charge in [0.1, 0.15) is 5.75 Å². The van der Waals surface area contributed by atoms with Crippen LogP contribution in [0.4, 0.5) is 0 Å². The Hall–Kier alpha value is -1.16. The molecule has 3 nitrogen and oxygen atoms in total. The van der Waals surface area contributed by atoms with Gasteiger partial charge in [0.05, 0.1) is 0 Å². The first kappa shape index (κ1) is 9.92. The van der Waals surface area contributed by atoms with E-state index in [1.54, 1.807) is 0 Å². The van der Waals surface area contributed by atoms with Gasteiger partial charge in [-0.3, -0.25) is 9.00 Å². The van der Waals surface area contributed by atoms with Gasteiger partial charge in [-0.05, 0) is 5.56 Å². The van der Waals surface area contributed by atoms with Gasteiger partial charge in [-0.15, -0.1) is 0 Å². The lowest BCUT2D eigenvalue weighted by atomic mass is 10.2. The molecule has 0 spiro atoms. The van der Waals surface area contributed by atoms with E-state index in [0.29, 0.717) is 5.75 Å². The second-order valence-corrected chi connectivity index (χ2v) is 4.14. The van der Waals surface area contributed by atoms with Crippen molar-refractivity contribution in [2.24, 2.45) is 5.73 Å². The van der Waals surface area contributed by atoms with E-state index >= 15 is 0 Å². The standard InChI is InChI=1S/C9H11NO2S/c10-9(11)7-13(12)6-8-4-2-1-3-5-8/h1-5H,6-7H2,(H2,10,11). The molecule has 0 aliphatic carbocycles. The molecule has 0 bridgehead atoms. The lowest BCUT2D eigenvalue weighted by molar-refractivity contribution is -0.115. The third-order valence-corrected chi connectivity index (χ3v) is 2.74. The van der Waals surface area contributed by atoms with Gasteiger partial charge in [0.15, 0.2) is 0 Å². The van der Waals surface area contributed by atoms with Gasteiger partial charge < -0.3 is 5.73 Å². The van der Waals surface area contributed by atoms with Crippen LogP contribution in [0.15, 0.2) is 30.3 Å². The number of amides is 1. The minimum absolute atomic E-state index is 0.0606. The number of carbonyl (C=O) groups excluding carboxylic acids is 1. The van der Waals surface area contributed by atoms with Crippen molar-refractivity contribution in [2.45, 2.75) is 5.75 Å². The first-order valence-corrected chi connectivity index (χ1v) is 5.34. The van der Waals surface area contributed by atoms with Gasteiger partial charge in [0.25, 0.3) is 0 Å². The van der Waals surface area contributed by atoms with Gasteiger partial charge in [0, 0.05) is 16.6 Å². The van der Waals surface area contributed by atoms with Crippen LogP contribution >= 0.6 is 0 Å². The fourth-order valence-corrected chi connectivity index (χ4v) is 1.95. The molecule has 1 aromatic carbocycles. The molecule has 0 aromatic heterocycles. The summed E-state index contributed by atoms with van der Waals surface area (Å²) in [6.45, 7) is 0. The summed E-state index contributed by atoms with van der Waals surface area (Å²) in [4.78, 5) is 10.4. The Morgan fingerprint density at radius 2 is 1.92 bits per heavy atom. The Labute approximate surface area is 79.4 Å². The average molecular weight is 197 g/mol. The van der Waals surface area contributed by atoms with Gasteiger partial charge >= 0.3 is 0 Å². The molecule has 70 valence electrons. The number of nitrogens with two attached hydrogens (primary N) is 1. The van der Waals surface area contributed by atoms with Crippen molar-refractivity contribution >= 4 is 16.7 Å². The van der Waals surface area contributed by atoms with Crippen molar-refractivity contribution in [3.63, 3.8) is 0 Å². The Morgan fingerprint density at radius 3 is 2.46 bits per heavy atom. The zero-order valence-electron chi connectivity index (χ0n) is 7.10. The summed E-state index contributed by atoms with van der Waals surface area (Å²) in [6.07, 6.45) is 0. The van der Waals surface area contributed by atoms with Crippen molar-refractivity contribution < 1.29 is 9.00 Å². The number of carbonyl (C=O) groups is 1. The third kappa shape index (κ3) is 3.85. The molecule has 1 unspecified atom stereocenters. The normalized spacial score (nSPS) is 12.3. The summed E-state index contributed by atoms with van der Waals surface area (Å²) < 4.78 is 11.2. The van der Waals surface area contributed by atoms with E-state index in [1.807, 2.05) is 30.3 Å². The topological polar surface area (TPSA) is 60.2 Å². The SMILES string of the molecule is NC(=O)CS(=O)Cc1ccccc1. The summed E-state index contributed by atoms with van der Waals surface area (Å²) in [5, 5.41) is 0. The Kier molecular flexibility index (Phi) is 3.64. The summed E-state index contributed by atoms with van der Waals surface area (Å²) in [6, 6.07) is 9.38. The highest BCUT2D eigenvalue weighted by Crippen LogP contribution is 2.02. The molecule has 0 saturated carbocycles. The van der Waals surface area contributed by atoms with Gasteiger partial charge in [-0.2, -0.15) is 0 Å². The summed E-state index contributed by atoms with van der Waals surface area (Å²) >= 11 is 0. The molecule has 0 aliphatic heterocycles. The van der Waals surface area contributed by atoms with E-state index in [1.165, 1.54) is 0 Å². The van der Waals surface area contributed by atoms with Crippen LogP contribution in [0.1, 0.15) is 5.56 Å². The van der Waals surface area contributed by atoms with E-state index < -0.39 is 16.7 Å². The zero-order valence-corrected chi connectivity index (χ0v) is 7.92. The predicted molar refractivity (Wildman–Crippen MR) is 52.3 cm³/mol. The van der Waals surface area contributed by atoms with E-state index in [2.05, 4.69) is 0 Å². The highest BCUT2D eigenvalue weighted by Gasteiger charge is 2.04. The summed E-state index contributed by atoms with van der Waals surface area (Å²) in [5.74, 6) is -0.187. The molecule has 1 rings (SSSR count). The maximum atomic E-state index is 11.2. The Bertz CT molecular complexity index is 311. The quantitative estimate of drug-likeness (QED) is 0.760. The highest BCUT2D eigenvalue weighted by molar-refractivity contribution is 7.84. The van der Waals surface area contributed by atoms with Crippen LogP contribution in [0.3, 0.4) is 0 Å². The molecule has 1 amide bonds. The minimum atomic E-state index is -1.18. The number of benzene rings is 1. The van der Waals surface area contributed by atoms with Crippen molar-refractivity contribution in [2.75, 3.05) is 5.75 Å². The van der Waals surface area contributed by atoms with E-state index in [-0.39, 0.29) is 5.75 Å². The average Bonchev–Trinajstić information content (AvgIpc) is 2.04. The van der Waals surface area contributed by atoms with Crippen LogP contribution in [-0.2, 0) is 21.3 Å². The molecule has 0 heterocycles. The molecule has 0 fully saturated rings. The number of hydrogen-bond donors (Lipinski definition) is 1. The third-order valence-electron chi connectivity index (χ3n) is 1.47.